The molecule has 1 unspecified atom stereocenters. The van der Waals surface area contributed by atoms with E-state index < -0.39 is 0 Å². The summed E-state index contributed by atoms with van der Waals surface area (Å²) in [6.07, 6.45) is 1.06. The molecule has 0 fully saturated rings. The van der Waals surface area contributed by atoms with Gasteiger partial charge in [-0.2, -0.15) is 0 Å². The van der Waals surface area contributed by atoms with Gasteiger partial charge in [-0.1, -0.05) is 22.9 Å². The van der Waals surface area contributed by atoms with Crippen LogP contribution >= 0.6 is 15.9 Å². The lowest BCUT2D eigenvalue weighted by molar-refractivity contribution is 0.203. The number of methoxy groups -OCH3 is 1. The summed E-state index contributed by atoms with van der Waals surface area (Å²) in [7, 11) is 1.71. The van der Waals surface area contributed by atoms with Crippen LogP contribution in [0.15, 0.2) is 22.7 Å². The van der Waals surface area contributed by atoms with E-state index >= 15 is 0 Å². The number of aliphatic hydroxyl groups is 1. The van der Waals surface area contributed by atoms with E-state index in [0.717, 1.165) is 28.7 Å². The van der Waals surface area contributed by atoms with E-state index in [1.807, 2.05) is 12.1 Å². The molecule has 0 aliphatic carbocycles. The van der Waals surface area contributed by atoms with Crippen molar-refractivity contribution in [3.8, 4) is 0 Å². The Morgan fingerprint density at radius 2 is 2.17 bits per heavy atom. The molecule has 0 saturated carbocycles. The Labute approximate surface area is 118 Å². The highest BCUT2D eigenvalue weighted by molar-refractivity contribution is 9.10. The van der Waals surface area contributed by atoms with Crippen LogP contribution in [0.5, 0.6) is 0 Å². The van der Waals surface area contributed by atoms with Gasteiger partial charge in [0.1, 0.15) is 0 Å². The molecule has 1 N–H and O–H groups in total. The minimum Gasteiger partial charge on any atom is -0.392 e. The predicted molar refractivity (Wildman–Crippen MR) is 79.0 cm³/mol. The first-order valence-electron chi connectivity index (χ1n) is 6.28. The minimum atomic E-state index is 0.0503. The third-order valence-corrected chi connectivity index (χ3v) is 3.67. The number of nitrogens with zero attached hydrogens (tertiary/aromatic N) is 1. The maximum Gasteiger partial charge on any atom is 0.0702 e. The molecule has 0 radical (unpaired) electrons. The quantitative estimate of drug-likeness (QED) is 0.838. The second-order valence-electron chi connectivity index (χ2n) is 4.37. The molecule has 102 valence electrons. The lowest BCUT2D eigenvalue weighted by Gasteiger charge is -2.32. The number of hydrogen-bond acceptors (Lipinski definition) is 3. The molecule has 18 heavy (non-hydrogen) atoms. The summed E-state index contributed by atoms with van der Waals surface area (Å²) in [5, 5.41) is 9.49. The molecule has 1 atom stereocenters. The maximum atomic E-state index is 9.49. The summed E-state index contributed by atoms with van der Waals surface area (Å²) in [5.41, 5.74) is 2.04. The molecule has 1 aromatic rings. The van der Waals surface area contributed by atoms with Gasteiger partial charge in [0, 0.05) is 35.4 Å². The van der Waals surface area contributed by atoms with Crippen molar-refractivity contribution in [2.45, 2.75) is 32.9 Å². The fraction of sp³-hybridized carbons (Fsp3) is 0.571. The van der Waals surface area contributed by atoms with Gasteiger partial charge in [-0.15, -0.1) is 0 Å². The first kappa shape index (κ1) is 15.5. The van der Waals surface area contributed by atoms with Crippen molar-refractivity contribution in [2.75, 3.05) is 25.2 Å². The Hall–Kier alpha value is -0.580. The van der Waals surface area contributed by atoms with Crippen molar-refractivity contribution in [1.29, 1.82) is 0 Å². The third-order valence-electron chi connectivity index (χ3n) is 3.18. The van der Waals surface area contributed by atoms with E-state index in [0.29, 0.717) is 12.6 Å². The topological polar surface area (TPSA) is 32.7 Å². The Kier molecular flexibility index (Phi) is 6.68. The molecule has 0 aliphatic rings. The monoisotopic (exact) mass is 315 g/mol. The summed E-state index contributed by atoms with van der Waals surface area (Å²) in [6, 6.07) is 6.46. The van der Waals surface area contributed by atoms with Gasteiger partial charge < -0.3 is 14.7 Å². The zero-order valence-corrected chi connectivity index (χ0v) is 12.9. The molecule has 0 amide bonds. The van der Waals surface area contributed by atoms with E-state index in [9.17, 15) is 5.11 Å². The van der Waals surface area contributed by atoms with Crippen LogP contribution in [-0.2, 0) is 11.3 Å². The number of halogens is 1. The summed E-state index contributed by atoms with van der Waals surface area (Å²) < 4.78 is 6.16. The van der Waals surface area contributed by atoms with Crippen LogP contribution < -0.4 is 4.90 Å². The van der Waals surface area contributed by atoms with Gasteiger partial charge in [0.05, 0.1) is 13.2 Å². The van der Waals surface area contributed by atoms with E-state index in [1.165, 1.54) is 0 Å². The molecule has 0 bridgehead atoms. The fourth-order valence-corrected chi connectivity index (χ4v) is 2.36. The van der Waals surface area contributed by atoms with Crippen molar-refractivity contribution >= 4 is 21.6 Å². The van der Waals surface area contributed by atoms with Crippen LogP contribution in [0.4, 0.5) is 5.69 Å². The second-order valence-corrected chi connectivity index (χ2v) is 5.29. The zero-order valence-electron chi connectivity index (χ0n) is 11.3. The fourth-order valence-electron chi connectivity index (χ4n) is 1.95. The van der Waals surface area contributed by atoms with Crippen LogP contribution in [0, 0.1) is 0 Å². The first-order chi connectivity index (χ1) is 8.63. The lowest BCUT2D eigenvalue weighted by atomic mass is 10.1. The minimum absolute atomic E-state index is 0.0503. The van der Waals surface area contributed by atoms with Crippen LogP contribution in [-0.4, -0.2) is 31.4 Å². The Bertz CT molecular complexity index is 371. The van der Waals surface area contributed by atoms with Gasteiger partial charge in [0.2, 0.25) is 0 Å². The Morgan fingerprint density at radius 1 is 1.44 bits per heavy atom. The lowest BCUT2D eigenvalue weighted by Crippen LogP contribution is -2.36. The largest absolute Gasteiger partial charge is 0.392 e. The van der Waals surface area contributed by atoms with Crippen molar-refractivity contribution < 1.29 is 9.84 Å². The summed E-state index contributed by atoms with van der Waals surface area (Å²) in [6.45, 7) is 5.93. The zero-order chi connectivity index (χ0) is 13.5. The van der Waals surface area contributed by atoms with E-state index in [1.54, 1.807) is 7.11 Å². The Morgan fingerprint density at radius 3 is 2.72 bits per heavy atom. The van der Waals surface area contributed by atoms with Gasteiger partial charge >= 0.3 is 0 Å². The Balaban J connectivity index is 3.03. The molecule has 0 aliphatic heterocycles. The highest BCUT2D eigenvalue weighted by Crippen LogP contribution is 2.26. The molecular weight excluding hydrogens is 294 g/mol. The number of aliphatic hydroxyl groups excluding tert-OH is 1. The van der Waals surface area contributed by atoms with Gasteiger partial charge in [-0.25, -0.2) is 0 Å². The predicted octanol–water partition coefficient (Wildman–Crippen LogP) is 3.19. The molecule has 0 spiro atoms. The average Bonchev–Trinajstić information content (AvgIpc) is 2.39. The molecular formula is C14H22BrNO2. The molecule has 0 aromatic heterocycles. The number of anilines is 1. The molecule has 4 heteroatoms. The molecule has 0 saturated heterocycles. The van der Waals surface area contributed by atoms with E-state index in [2.05, 4.69) is 40.7 Å². The van der Waals surface area contributed by atoms with Crippen molar-refractivity contribution in [2.24, 2.45) is 0 Å². The van der Waals surface area contributed by atoms with Crippen LogP contribution in [0.3, 0.4) is 0 Å². The van der Waals surface area contributed by atoms with Crippen LogP contribution in [0.25, 0.3) is 0 Å². The highest BCUT2D eigenvalue weighted by atomic mass is 79.9. The maximum absolute atomic E-state index is 9.49. The van der Waals surface area contributed by atoms with Crippen LogP contribution in [0.1, 0.15) is 25.8 Å². The van der Waals surface area contributed by atoms with Crippen LogP contribution in [0.2, 0.25) is 0 Å². The number of ether oxygens (including phenoxy) is 1. The molecule has 3 nitrogen and oxygen atoms in total. The molecule has 0 heterocycles. The van der Waals surface area contributed by atoms with Gasteiger partial charge in [0.25, 0.3) is 0 Å². The average molecular weight is 316 g/mol. The van der Waals surface area contributed by atoms with E-state index in [-0.39, 0.29) is 6.61 Å². The normalized spacial score (nSPS) is 12.5. The summed E-state index contributed by atoms with van der Waals surface area (Å²) in [5.74, 6) is 0. The summed E-state index contributed by atoms with van der Waals surface area (Å²) >= 11 is 3.44. The van der Waals surface area contributed by atoms with E-state index in [4.69, 9.17) is 4.74 Å². The SMILES string of the molecule is CCC(C)N(CCOC)c1ccc(Br)cc1CO. The van der Waals surface area contributed by atoms with Crippen molar-refractivity contribution in [3.63, 3.8) is 0 Å². The smallest absolute Gasteiger partial charge is 0.0702 e. The number of rotatable bonds is 7. The highest BCUT2D eigenvalue weighted by Gasteiger charge is 2.16. The number of benzene rings is 1. The second kappa shape index (κ2) is 7.77. The standard InChI is InChI=1S/C14H22BrNO2/c1-4-11(2)16(7-8-18-3)14-6-5-13(15)9-12(14)10-17/h5-6,9,11,17H,4,7-8,10H2,1-3H3. The number of hydrogen-bond donors (Lipinski definition) is 1. The van der Waals surface area contributed by atoms with Gasteiger partial charge in [-0.05, 0) is 31.5 Å². The summed E-state index contributed by atoms with van der Waals surface area (Å²) in [4.78, 5) is 2.29. The van der Waals surface area contributed by atoms with Crippen molar-refractivity contribution in [1.82, 2.24) is 0 Å². The first-order valence-corrected chi connectivity index (χ1v) is 7.08. The van der Waals surface area contributed by atoms with Crippen molar-refractivity contribution in [3.05, 3.63) is 28.2 Å². The van der Waals surface area contributed by atoms with Gasteiger partial charge in [0.15, 0.2) is 0 Å². The molecule has 1 rings (SSSR count). The third kappa shape index (κ3) is 3.97. The van der Waals surface area contributed by atoms with Gasteiger partial charge in [-0.3, -0.25) is 0 Å². The molecule has 1 aromatic carbocycles.